The molecule has 0 bridgehead atoms. The van der Waals surface area contributed by atoms with Gasteiger partial charge in [-0.2, -0.15) is 0 Å². The van der Waals surface area contributed by atoms with E-state index in [4.69, 9.17) is 16.6 Å². The minimum Gasteiger partial charge on any atom is -0.378 e. The van der Waals surface area contributed by atoms with Crippen LogP contribution in [0.25, 0.3) is 22.2 Å². The number of nitrogens with two attached hydrogens (primary N) is 1. The molecule has 7 heteroatoms. The first-order valence-corrected chi connectivity index (χ1v) is 8.71. The van der Waals surface area contributed by atoms with Crippen LogP contribution in [-0.4, -0.2) is 26.2 Å². The molecule has 3 aromatic rings. The minimum absolute atomic E-state index is 0.0893. The van der Waals surface area contributed by atoms with Crippen LogP contribution in [0.4, 0.5) is 5.82 Å². The smallest absolute Gasteiger partial charge is 0.157 e. The molecule has 0 aliphatic carbocycles. The maximum absolute atomic E-state index is 8.08. The van der Waals surface area contributed by atoms with Crippen LogP contribution in [-0.2, 0) is 0 Å². The van der Waals surface area contributed by atoms with Crippen LogP contribution in [0, 0.1) is 10.8 Å². The second-order valence-electron chi connectivity index (χ2n) is 5.97. The first kappa shape index (κ1) is 17.0. The monoisotopic (exact) mass is 352 g/mol. The summed E-state index contributed by atoms with van der Waals surface area (Å²) in [5.74, 6) is 0.831. The molecular weight excluding hydrogens is 332 g/mol. The maximum Gasteiger partial charge on any atom is 0.157 e. The minimum atomic E-state index is -0.0893. The van der Waals surface area contributed by atoms with E-state index in [1.807, 2.05) is 42.6 Å². The summed E-state index contributed by atoms with van der Waals surface area (Å²) in [7, 11) is 0. The standard InChI is InChI=1S/C18H20N6S/c1-10(2)23-16-5-3-4-15(24-16)13-9-22-14-7-6-11(8-12(13)14)17(19)25-18(20)21/h3-10,19,22H,1-2H3,(H3,20,21)(H,23,24). The van der Waals surface area contributed by atoms with Crippen molar-refractivity contribution in [3.05, 3.63) is 48.2 Å². The number of hydrogen-bond acceptors (Lipinski definition) is 5. The summed E-state index contributed by atoms with van der Waals surface area (Å²) in [6.45, 7) is 4.15. The van der Waals surface area contributed by atoms with E-state index in [2.05, 4.69) is 29.1 Å². The van der Waals surface area contributed by atoms with Gasteiger partial charge in [-0.15, -0.1) is 0 Å². The Morgan fingerprint density at radius 1 is 1.24 bits per heavy atom. The number of hydrogen-bond donors (Lipinski definition) is 5. The quantitative estimate of drug-likeness (QED) is 0.360. The molecule has 2 aromatic heterocycles. The third kappa shape index (κ3) is 3.83. The van der Waals surface area contributed by atoms with Gasteiger partial charge in [0.2, 0.25) is 0 Å². The van der Waals surface area contributed by atoms with E-state index in [9.17, 15) is 0 Å². The lowest BCUT2D eigenvalue weighted by Crippen LogP contribution is -2.10. The zero-order valence-corrected chi connectivity index (χ0v) is 14.9. The molecule has 0 radical (unpaired) electrons. The van der Waals surface area contributed by atoms with Crippen LogP contribution in [0.2, 0.25) is 0 Å². The SMILES string of the molecule is CC(C)Nc1cccc(-c2c[nH]c3ccc(C(=N)SC(=N)N)cc23)n1. The number of aromatic nitrogens is 2. The zero-order chi connectivity index (χ0) is 18.0. The number of rotatable bonds is 4. The van der Waals surface area contributed by atoms with E-state index >= 15 is 0 Å². The van der Waals surface area contributed by atoms with Crippen molar-refractivity contribution in [2.45, 2.75) is 19.9 Å². The van der Waals surface area contributed by atoms with Gasteiger partial charge in [-0.25, -0.2) is 4.98 Å². The van der Waals surface area contributed by atoms with E-state index in [1.165, 1.54) is 0 Å². The summed E-state index contributed by atoms with van der Waals surface area (Å²) in [4.78, 5) is 7.93. The van der Waals surface area contributed by atoms with Crippen molar-refractivity contribution in [1.82, 2.24) is 9.97 Å². The third-order valence-electron chi connectivity index (χ3n) is 3.62. The van der Waals surface area contributed by atoms with Gasteiger partial charge < -0.3 is 16.0 Å². The van der Waals surface area contributed by atoms with Gasteiger partial charge >= 0.3 is 0 Å². The van der Waals surface area contributed by atoms with Gasteiger partial charge in [-0.05, 0) is 49.9 Å². The molecule has 0 saturated heterocycles. The highest BCUT2D eigenvalue weighted by atomic mass is 32.2. The Labute approximate surface area is 150 Å². The number of fused-ring (bicyclic) bond motifs is 1. The summed E-state index contributed by atoms with van der Waals surface area (Å²) in [5, 5.41) is 19.9. The number of nitrogens with zero attached hydrogens (tertiary/aromatic N) is 1. The van der Waals surface area contributed by atoms with Gasteiger partial charge in [0.25, 0.3) is 0 Å². The van der Waals surface area contributed by atoms with E-state index < -0.39 is 0 Å². The summed E-state index contributed by atoms with van der Waals surface area (Å²) in [6.07, 6.45) is 1.93. The fraction of sp³-hybridized carbons (Fsp3) is 0.167. The summed E-state index contributed by atoms with van der Waals surface area (Å²) < 4.78 is 0. The Morgan fingerprint density at radius 3 is 2.76 bits per heavy atom. The van der Waals surface area contributed by atoms with E-state index in [-0.39, 0.29) is 10.2 Å². The lowest BCUT2D eigenvalue weighted by molar-refractivity contribution is 0.890. The highest BCUT2D eigenvalue weighted by Gasteiger charge is 2.11. The van der Waals surface area contributed by atoms with Crippen LogP contribution in [0.3, 0.4) is 0 Å². The Bertz CT molecular complexity index is 944. The Kier molecular flexibility index (Phi) is 4.76. The van der Waals surface area contributed by atoms with Crippen molar-refractivity contribution in [2.24, 2.45) is 5.73 Å². The topological polar surface area (TPSA) is 114 Å². The first-order chi connectivity index (χ1) is 11.9. The summed E-state index contributed by atoms with van der Waals surface area (Å²) in [5.41, 5.74) is 8.92. The average Bonchev–Trinajstić information content (AvgIpc) is 2.96. The molecule has 0 aliphatic rings. The molecule has 0 amide bonds. The van der Waals surface area contributed by atoms with Crippen LogP contribution in [0.5, 0.6) is 0 Å². The zero-order valence-electron chi connectivity index (χ0n) is 14.1. The molecule has 6 N–H and O–H groups in total. The molecule has 25 heavy (non-hydrogen) atoms. The number of anilines is 1. The molecule has 128 valence electrons. The molecule has 0 unspecified atom stereocenters. The number of pyridine rings is 1. The second-order valence-corrected chi connectivity index (χ2v) is 7.02. The Balaban J connectivity index is 2.02. The van der Waals surface area contributed by atoms with E-state index in [0.717, 1.165) is 45.3 Å². The van der Waals surface area contributed by atoms with Gasteiger partial charge in [0.05, 0.1) is 5.69 Å². The number of thioether (sulfide) groups is 1. The predicted molar refractivity (Wildman–Crippen MR) is 107 cm³/mol. The van der Waals surface area contributed by atoms with Crippen molar-refractivity contribution < 1.29 is 0 Å². The molecule has 0 saturated carbocycles. The first-order valence-electron chi connectivity index (χ1n) is 7.90. The van der Waals surface area contributed by atoms with Gasteiger partial charge in [0.15, 0.2) is 5.17 Å². The van der Waals surface area contributed by atoms with Gasteiger partial charge in [0, 0.05) is 34.3 Å². The van der Waals surface area contributed by atoms with Gasteiger partial charge in [-0.3, -0.25) is 10.8 Å². The Morgan fingerprint density at radius 2 is 2.04 bits per heavy atom. The molecule has 2 heterocycles. The van der Waals surface area contributed by atoms with Gasteiger partial charge in [0.1, 0.15) is 10.9 Å². The van der Waals surface area contributed by atoms with Crippen LogP contribution in [0.1, 0.15) is 19.4 Å². The van der Waals surface area contributed by atoms with Crippen molar-refractivity contribution >= 4 is 38.7 Å². The lowest BCUT2D eigenvalue weighted by atomic mass is 10.1. The molecular formula is C18H20N6S. The number of H-pyrrole nitrogens is 1. The molecule has 6 nitrogen and oxygen atoms in total. The average molecular weight is 352 g/mol. The fourth-order valence-corrected chi connectivity index (χ4v) is 3.07. The number of nitrogens with one attached hydrogen (secondary N) is 4. The molecule has 0 spiro atoms. The lowest BCUT2D eigenvalue weighted by Gasteiger charge is -2.10. The van der Waals surface area contributed by atoms with E-state index in [0.29, 0.717) is 6.04 Å². The molecule has 0 fully saturated rings. The number of amidine groups is 1. The van der Waals surface area contributed by atoms with Crippen molar-refractivity contribution in [3.8, 4) is 11.3 Å². The van der Waals surface area contributed by atoms with Gasteiger partial charge in [-0.1, -0.05) is 12.1 Å². The molecule has 0 atom stereocenters. The molecule has 0 aliphatic heterocycles. The fourth-order valence-electron chi connectivity index (χ4n) is 2.60. The van der Waals surface area contributed by atoms with Crippen LogP contribution >= 0.6 is 11.8 Å². The van der Waals surface area contributed by atoms with Crippen molar-refractivity contribution in [1.29, 1.82) is 10.8 Å². The summed E-state index contributed by atoms with van der Waals surface area (Å²) in [6, 6.07) is 11.9. The third-order valence-corrected chi connectivity index (χ3v) is 4.28. The predicted octanol–water partition coefficient (Wildman–Crippen LogP) is 4.00. The summed E-state index contributed by atoms with van der Waals surface area (Å²) >= 11 is 0.938. The molecule has 3 rings (SSSR count). The van der Waals surface area contributed by atoms with Crippen molar-refractivity contribution in [3.63, 3.8) is 0 Å². The highest BCUT2D eigenvalue weighted by Crippen LogP contribution is 2.29. The van der Waals surface area contributed by atoms with Crippen molar-refractivity contribution in [2.75, 3.05) is 5.32 Å². The van der Waals surface area contributed by atoms with Crippen LogP contribution in [0.15, 0.2) is 42.6 Å². The molecule has 1 aromatic carbocycles. The highest BCUT2D eigenvalue weighted by molar-refractivity contribution is 8.26. The maximum atomic E-state index is 8.08. The Hall–Kier alpha value is -2.80. The normalized spacial score (nSPS) is 11.0. The van der Waals surface area contributed by atoms with E-state index in [1.54, 1.807) is 0 Å². The van der Waals surface area contributed by atoms with Crippen LogP contribution < -0.4 is 11.1 Å². The number of aromatic amines is 1. The largest absolute Gasteiger partial charge is 0.378 e. The second kappa shape index (κ2) is 6.98. The number of benzene rings is 1.